The van der Waals surface area contributed by atoms with E-state index < -0.39 is 18.2 Å². The number of carbonyl (C=O) groups excluding carboxylic acids is 1. The van der Waals surface area contributed by atoms with Crippen LogP contribution in [0.3, 0.4) is 0 Å². The van der Waals surface area contributed by atoms with Crippen LogP contribution in [0.5, 0.6) is 0 Å². The molecule has 34 heavy (non-hydrogen) atoms. The first kappa shape index (κ1) is 33.4. The zero-order valence-electron chi connectivity index (χ0n) is 22.7. The highest BCUT2D eigenvalue weighted by molar-refractivity contribution is 5.76. The Morgan fingerprint density at radius 3 is 1.41 bits per heavy atom. The first-order valence-electron chi connectivity index (χ1n) is 14.8. The van der Waals surface area contributed by atoms with Crippen LogP contribution >= 0.6 is 0 Å². The number of unbranched alkanes of at least 4 members (excludes halogenated alkanes) is 17. The number of aliphatic hydroxyl groups excluding tert-OH is 3. The Kier molecular flexibility index (Phi) is 25.0. The van der Waals surface area contributed by atoms with Crippen molar-refractivity contribution in [3.63, 3.8) is 0 Å². The summed E-state index contributed by atoms with van der Waals surface area (Å²) in [6.07, 6.45) is 23.3. The second-order valence-corrected chi connectivity index (χ2v) is 10.4. The summed E-state index contributed by atoms with van der Waals surface area (Å²) >= 11 is 0. The highest BCUT2D eigenvalue weighted by Gasteiger charge is 2.21. The number of amides is 1. The fourth-order valence-electron chi connectivity index (χ4n) is 4.58. The van der Waals surface area contributed by atoms with Gasteiger partial charge in [-0.05, 0) is 12.8 Å². The van der Waals surface area contributed by atoms with Crippen LogP contribution in [0.1, 0.15) is 155 Å². The molecule has 0 aliphatic heterocycles. The van der Waals surface area contributed by atoms with Crippen molar-refractivity contribution in [1.82, 2.24) is 5.32 Å². The van der Waals surface area contributed by atoms with Crippen molar-refractivity contribution >= 4 is 5.91 Å². The average molecular weight is 486 g/mol. The molecule has 0 aromatic heterocycles. The molecule has 0 aromatic rings. The van der Waals surface area contributed by atoms with Gasteiger partial charge < -0.3 is 20.6 Å². The standard InChI is InChI=1S/C29H59NO4/c1-3-5-7-9-11-13-15-17-19-21-23-28(33)27(25-31)30-29(34)24-26(32)22-20-18-16-14-12-10-8-6-4-2/h26-28,31-33H,3-25H2,1-2H3,(H,30,34). The quantitative estimate of drug-likeness (QED) is 0.101. The van der Waals surface area contributed by atoms with E-state index in [0.29, 0.717) is 12.8 Å². The van der Waals surface area contributed by atoms with Gasteiger partial charge >= 0.3 is 0 Å². The summed E-state index contributed by atoms with van der Waals surface area (Å²) in [5, 5.41) is 32.8. The molecule has 4 N–H and O–H groups in total. The number of hydrogen-bond acceptors (Lipinski definition) is 4. The lowest BCUT2D eigenvalue weighted by Gasteiger charge is -2.23. The predicted octanol–water partition coefficient (Wildman–Crippen LogP) is 6.81. The SMILES string of the molecule is CCCCCCCCCCCCC(O)C(CO)NC(=O)CC(O)CCCCCCCCCCC. The van der Waals surface area contributed by atoms with Crippen molar-refractivity contribution in [2.75, 3.05) is 6.61 Å². The molecular weight excluding hydrogens is 426 g/mol. The van der Waals surface area contributed by atoms with Gasteiger partial charge in [-0.25, -0.2) is 0 Å². The minimum absolute atomic E-state index is 0.0402. The second-order valence-electron chi connectivity index (χ2n) is 10.4. The Balaban J connectivity index is 3.76. The molecule has 3 unspecified atom stereocenters. The first-order chi connectivity index (χ1) is 16.5. The van der Waals surface area contributed by atoms with E-state index in [2.05, 4.69) is 19.2 Å². The lowest BCUT2D eigenvalue weighted by molar-refractivity contribution is -0.125. The van der Waals surface area contributed by atoms with E-state index in [4.69, 9.17) is 0 Å². The zero-order valence-corrected chi connectivity index (χ0v) is 22.7. The molecule has 0 rings (SSSR count). The van der Waals surface area contributed by atoms with Crippen LogP contribution in [-0.2, 0) is 4.79 Å². The van der Waals surface area contributed by atoms with E-state index in [9.17, 15) is 20.1 Å². The van der Waals surface area contributed by atoms with Gasteiger partial charge in [-0.15, -0.1) is 0 Å². The van der Waals surface area contributed by atoms with Gasteiger partial charge in [-0.2, -0.15) is 0 Å². The van der Waals surface area contributed by atoms with Crippen LogP contribution in [-0.4, -0.2) is 46.1 Å². The molecule has 0 bridgehead atoms. The first-order valence-corrected chi connectivity index (χ1v) is 14.8. The highest BCUT2D eigenvalue weighted by atomic mass is 16.3. The van der Waals surface area contributed by atoms with E-state index >= 15 is 0 Å². The van der Waals surface area contributed by atoms with Gasteiger partial charge in [0.05, 0.1) is 31.3 Å². The summed E-state index contributed by atoms with van der Waals surface area (Å²) in [6.45, 7) is 4.19. The number of rotatable bonds is 26. The number of hydrogen-bond donors (Lipinski definition) is 4. The fraction of sp³-hybridized carbons (Fsp3) is 0.966. The van der Waals surface area contributed by atoms with Crippen molar-refractivity contribution in [2.45, 2.75) is 173 Å². The molecule has 0 fully saturated rings. The molecule has 0 spiro atoms. The van der Waals surface area contributed by atoms with Gasteiger partial charge in [-0.3, -0.25) is 4.79 Å². The Hall–Kier alpha value is -0.650. The molecule has 5 heteroatoms. The Morgan fingerprint density at radius 1 is 0.618 bits per heavy atom. The van der Waals surface area contributed by atoms with E-state index in [1.165, 1.54) is 96.3 Å². The van der Waals surface area contributed by atoms with Crippen LogP contribution in [0.15, 0.2) is 0 Å². The summed E-state index contributed by atoms with van der Waals surface area (Å²) in [4.78, 5) is 12.2. The number of aliphatic hydroxyl groups is 3. The van der Waals surface area contributed by atoms with Crippen molar-refractivity contribution in [1.29, 1.82) is 0 Å². The average Bonchev–Trinajstić information content (AvgIpc) is 2.82. The van der Waals surface area contributed by atoms with Gasteiger partial charge in [-0.1, -0.05) is 136 Å². The topological polar surface area (TPSA) is 89.8 Å². The molecule has 3 atom stereocenters. The summed E-state index contributed by atoms with van der Waals surface area (Å²) < 4.78 is 0. The second kappa shape index (κ2) is 25.4. The largest absolute Gasteiger partial charge is 0.394 e. The van der Waals surface area contributed by atoms with Gasteiger partial charge in [0.15, 0.2) is 0 Å². The Morgan fingerprint density at radius 2 is 1.00 bits per heavy atom. The third-order valence-corrected chi connectivity index (χ3v) is 6.92. The van der Waals surface area contributed by atoms with Crippen LogP contribution in [0.25, 0.3) is 0 Å². The Labute approximate surface area is 211 Å². The van der Waals surface area contributed by atoms with Gasteiger partial charge in [0, 0.05) is 0 Å². The van der Waals surface area contributed by atoms with E-state index in [0.717, 1.165) is 25.7 Å². The van der Waals surface area contributed by atoms with Crippen LogP contribution in [0.4, 0.5) is 0 Å². The smallest absolute Gasteiger partial charge is 0.222 e. The molecule has 0 heterocycles. The normalized spacial score (nSPS) is 14.1. The molecule has 0 aliphatic rings. The zero-order chi connectivity index (χ0) is 25.3. The third-order valence-electron chi connectivity index (χ3n) is 6.92. The maximum absolute atomic E-state index is 12.2. The summed E-state index contributed by atoms with van der Waals surface area (Å²) in [7, 11) is 0. The van der Waals surface area contributed by atoms with E-state index in [1.54, 1.807) is 0 Å². The summed E-state index contributed by atoms with van der Waals surface area (Å²) in [6, 6.07) is -0.647. The van der Waals surface area contributed by atoms with Crippen molar-refractivity contribution in [3.8, 4) is 0 Å². The fourth-order valence-corrected chi connectivity index (χ4v) is 4.58. The van der Waals surface area contributed by atoms with E-state index in [1.807, 2.05) is 0 Å². The van der Waals surface area contributed by atoms with Crippen molar-refractivity contribution in [2.24, 2.45) is 0 Å². The molecule has 0 saturated heterocycles. The van der Waals surface area contributed by atoms with Crippen LogP contribution in [0.2, 0.25) is 0 Å². The number of nitrogens with one attached hydrogen (secondary N) is 1. The molecule has 0 saturated carbocycles. The molecule has 204 valence electrons. The molecular formula is C29H59NO4. The molecule has 0 radical (unpaired) electrons. The Bertz CT molecular complexity index is 432. The monoisotopic (exact) mass is 485 g/mol. The maximum Gasteiger partial charge on any atom is 0.222 e. The third kappa shape index (κ3) is 21.9. The van der Waals surface area contributed by atoms with Crippen molar-refractivity contribution in [3.05, 3.63) is 0 Å². The van der Waals surface area contributed by atoms with Gasteiger partial charge in [0.2, 0.25) is 5.91 Å². The lowest BCUT2D eigenvalue weighted by atomic mass is 10.0. The van der Waals surface area contributed by atoms with Crippen LogP contribution in [0, 0.1) is 0 Å². The molecule has 5 nitrogen and oxygen atoms in total. The molecule has 0 aromatic carbocycles. The summed E-state index contributed by atoms with van der Waals surface area (Å²) in [5.74, 6) is -0.287. The van der Waals surface area contributed by atoms with Gasteiger partial charge in [0.25, 0.3) is 0 Å². The lowest BCUT2D eigenvalue weighted by Crippen LogP contribution is -2.46. The van der Waals surface area contributed by atoms with Gasteiger partial charge in [0.1, 0.15) is 0 Å². The predicted molar refractivity (Wildman–Crippen MR) is 144 cm³/mol. The van der Waals surface area contributed by atoms with Crippen molar-refractivity contribution < 1.29 is 20.1 Å². The minimum atomic E-state index is -0.738. The molecule has 0 aliphatic carbocycles. The molecule has 1 amide bonds. The maximum atomic E-state index is 12.2. The van der Waals surface area contributed by atoms with Crippen LogP contribution < -0.4 is 5.32 Å². The van der Waals surface area contributed by atoms with E-state index in [-0.39, 0.29) is 18.9 Å². The minimum Gasteiger partial charge on any atom is -0.394 e. The number of carbonyl (C=O) groups is 1. The summed E-state index contributed by atoms with van der Waals surface area (Å²) in [5.41, 5.74) is 0. The highest BCUT2D eigenvalue weighted by Crippen LogP contribution is 2.14.